The minimum absolute atomic E-state index is 0.111. The molecule has 162 valence electrons. The van der Waals surface area contributed by atoms with Crippen LogP contribution in [0.25, 0.3) is 0 Å². The van der Waals surface area contributed by atoms with Gasteiger partial charge in [0.25, 0.3) is 5.91 Å². The average Bonchev–Trinajstić information content (AvgIpc) is 2.74. The van der Waals surface area contributed by atoms with Gasteiger partial charge in [-0.15, -0.1) is 0 Å². The number of hydrogen-bond acceptors (Lipinski definition) is 4. The Kier molecular flexibility index (Phi) is 9.01. The maximum absolute atomic E-state index is 12.8. The summed E-state index contributed by atoms with van der Waals surface area (Å²) < 4.78 is 27.0. The van der Waals surface area contributed by atoms with Gasteiger partial charge in [0, 0.05) is 37.3 Å². The summed E-state index contributed by atoms with van der Waals surface area (Å²) in [6, 6.07) is 14.9. The standard InChI is InChI=1S/C22H29N3O4S/c1-3-16-25(17-4-2)30(28,29)20-12-10-19(11-13-20)24-21(26)14-15-23-22(27)18-8-6-5-7-9-18/h5-13H,3-4,14-17H2,1-2H3,(H,23,27)(H,24,26). The summed E-state index contributed by atoms with van der Waals surface area (Å²) in [5.41, 5.74) is 1.04. The lowest BCUT2D eigenvalue weighted by molar-refractivity contribution is -0.116. The van der Waals surface area contributed by atoms with Crippen LogP contribution in [-0.4, -0.2) is 44.2 Å². The van der Waals surface area contributed by atoms with E-state index in [0.717, 1.165) is 12.8 Å². The Bertz CT molecular complexity index is 923. The van der Waals surface area contributed by atoms with E-state index in [1.807, 2.05) is 19.9 Å². The molecule has 0 aliphatic carbocycles. The SMILES string of the molecule is CCCN(CCC)S(=O)(=O)c1ccc(NC(=O)CCNC(=O)c2ccccc2)cc1. The normalized spacial score (nSPS) is 11.3. The number of nitrogens with one attached hydrogen (secondary N) is 2. The molecule has 0 heterocycles. The van der Waals surface area contributed by atoms with E-state index in [1.165, 1.54) is 16.4 Å². The van der Waals surface area contributed by atoms with Crippen molar-refractivity contribution in [2.45, 2.75) is 38.0 Å². The van der Waals surface area contributed by atoms with Gasteiger partial charge in [-0.1, -0.05) is 32.0 Å². The lowest BCUT2D eigenvalue weighted by Crippen LogP contribution is -2.32. The van der Waals surface area contributed by atoms with E-state index < -0.39 is 10.0 Å². The van der Waals surface area contributed by atoms with Gasteiger partial charge in [-0.2, -0.15) is 4.31 Å². The molecule has 2 aromatic carbocycles. The molecule has 2 aromatic rings. The average molecular weight is 432 g/mol. The molecule has 0 saturated heterocycles. The van der Waals surface area contributed by atoms with Gasteiger partial charge in [0.15, 0.2) is 0 Å². The number of rotatable bonds is 11. The smallest absolute Gasteiger partial charge is 0.251 e. The molecule has 8 heteroatoms. The quantitative estimate of drug-likeness (QED) is 0.571. The van der Waals surface area contributed by atoms with E-state index in [4.69, 9.17) is 0 Å². The highest BCUT2D eigenvalue weighted by atomic mass is 32.2. The van der Waals surface area contributed by atoms with Crippen molar-refractivity contribution in [3.63, 3.8) is 0 Å². The van der Waals surface area contributed by atoms with Crippen molar-refractivity contribution in [3.8, 4) is 0 Å². The van der Waals surface area contributed by atoms with Gasteiger partial charge in [0.2, 0.25) is 15.9 Å². The van der Waals surface area contributed by atoms with Crippen molar-refractivity contribution in [2.75, 3.05) is 25.0 Å². The Morgan fingerprint density at radius 2 is 1.50 bits per heavy atom. The van der Waals surface area contributed by atoms with Gasteiger partial charge >= 0.3 is 0 Å². The van der Waals surface area contributed by atoms with Crippen LogP contribution in [0.15, 0.2) is 59.5 Å². The number of carbonyl (C=O) groups is 2. The molecule has 0 fully saturated rings. The van der Waals surface area contributed by atoms with Crippen LogP contribution in [0, 0.1) is 0 Å². The Labute approximate surface area is 178 Å². The number of sulfonamides is 1. The van der Waals surface area contributed by atoms with E-state index in [9.17, 15) is 18.0 Å². The molecule has 0 aromatic heterocycles. The number of amides is 2. The fraction of sp³-hybridized carbons (Fsp3) is 0.364. The lowest BCUT2D eigenvalue weighted by atomic mass is 10.2. The molecule has 30 heavy (non-hydrogen) atoms. The summed E-state index contributed by atoms with van der Waals surface area (Å²) in [7, 11) is -3.55. The first kappa shape index (κ1) is 23.6. The molecular formula is C22H29N3O4S. The molecule has 0 unspecified atom stereocenters. The molecule has 2 rings (SSSR count). The second-order valence-electron chi connectivity index (χ2n) is 6.85. The van der Waals surface area contributed by atoms with Crippen molar-refractivity contribution in [3.05, 3.63) is 60.2 Å². The van der Waals surface area contributed by atoms with Gasteiger partial charge in [-0.05, 0) is 49.2 Å². The van der Waals surface area contributed by atoms with Crippen molar-refractivity contribution in [1.29, 1.82) is 0 Å². The third kappa shape index (κ3) is 6.67. The topological polar surface area (TPSA) is 95.6 Å². The third-order valence-electron chi connectivity index (χ3n) is 4.40. The van der Waals surface area contributed by atoms with Crippen LogP contribution in [0.3, 0.4) is 0 Å². The van der Waals surface area contributed by atoms with Crippen LogP contribution in [0.4, 0.5) is 5.69 Å². The Balaban J connectivity index is 1.89. The Morgan fingerprint density at radius 1 is 0.900 bits per heavy atom. The first-order valence-corrected chi connectivity index (χ1v) is 11.6. The summed E-state index contributed by atoms with van der Waals surface area (Å²) in [5, 5.41) is 5.41. The van der Waals surface area contributed by atoms with E-state index in [2.05, 4.69) is 10.6 Å². The maximum atomic E-state index is 12.8. The van der Waals surface area contributed by atoms with E-state index in [-0.39, 0.29) is 29.7 Å². The maximum Gasteiger partial charge on any atom is 0.251 e. The van der Waals surface area contributed by atoms with Gasteiger partial charge in [-0.3, -0.25) is 9.59 Å². The molecular weight excluding hydrogens is 402 g/mol. The molecule has 0 radical (unpaired) electrons. The minimum atomic E-state index is -3.55. The Hall–Kier alpha value is -2.71. The molecule has 2 N–H and O–H groups in total. The van der Waals surface area contributed by atoms with Crippen LogP contribution < -0.4 is 10.6 Å². The highest BCUT2D eigenvalue weighted by Gasteiger charge is 2.22. The number of anilines is 1. The highest BCUT2D eigenvalue weighted by Crippen LogP contribution is 2.19. The van der Waals surface area contributed by atoms with Crippen molar-refractivity contribution in [1.82, 2.24) is 9.62 Å². The molecule has 0 bridgehead atoms. The van der Waals surface area contributed by atoms with Gasteiger partial charge in [0.05, 0.1) is 4.90 Å². The largest absolute Gasteiger partial charge is 0.352 e. The highest BCUT2D eigenvalue weighted by molar-refractivity contribution is 7.89. The predicted molar refractivity (Wildman–Crippen MR) is 118 cm³/mol. The molecule has 0 saturated carbocycles. The first-order valence-electron chi connectivity index (χ1n) is 10.1. The number of nitrogens with zero attached hydrogens (tertiary/aromatic N) is 1. The second-order valence-corrected chi connectivity index (χ2v) is 8.79. The van der Waals surface area contributed by atoms with Crippen LogP contribution >= 0.6 is 0 Å². The van der Waals surface area contributed by atoms with Gasteiger partial charge < -0.3 is 10.6 Å². The summed E-state index contributed by atoms with van der Waals surface area (Å²) >= 11 is 0. The molecule has 0 atom stereocenters. The Morgan fingerprint density at radius 3 is 2.07 bits per heavy atom. The third-order valence-corrected chi connectivity index (χ3v) is 6.31. The predicted octanol–water partition coefficient (Wildman–Crippen LogP) is 3.26. The first-order chi connectivity index (χ1) is 14.4. The summed E-state index contributed by atoms with van der Waals surface area (Å²) in [5.74, 6) is -0.501. The van der Waals surface area contributed by atoms with Crippen LogP contribution in [0.5, 0.6) is 0 Å². The number of benzene rings is 2. The molecule has 0 aliphatic heterocycles. The number of hydrogen-bond donors (Lipinski definition) is 2. The van der Waals surface area contributed by atoms with E-state index in [0.29, 0.717) is 24.3 Å². The molecule has 7 nitrogen and oxygen atoms in total. The van der Waals surface area contributed by atoms with Gasteiger partial charge in [0.1, 0.15) is 0 Å². The van der Waals surface area contributed by atoms with Crippen LogP contribution in [0.2, 0.25) is 0 Å². The fourth-order valence-corrected chi connectivity index (χ4v) is 4.54. The zero-order valence-corrected chi connectivity index (χ0v) is 18.2. The zero-order chi connectivity index (χ0) is 22.0. The molecule has 2 amide bonds. The summed E-state index contributed by atoms with van der Waals surface area (Å²) in [6.07, 6.45) is 1.60. The zero-order valence-electron chi connectivity index (χ0n) is 17.4. The van der Waals surface area contributed by atoms with Crippen LogP contribution in [-0.2, 0) is 14.8 Å². The van der Waals surface area contributed by atoms with Crippen LogP contribution in [0.1, 0.15) is 43.5 Å². The summed E-state index contributed by atoms with van der Waals surface area (Å²) in [6.45, 7) is 5.04. The van der Waals surface area contributed by atoms with Crippen molar-refractivity contribution >= 4 is 27.5 Å². The molecule has 0 spiro atoms. The fourth-order valence-electron chi connectivity index (χ4n) is 2.91. The minimum Gasteiger partial charge on any atom is -0.352 e. The van der Waals surface area contributed by atoms with Crippen molar-refractivity contribution in [2.24, 2.45) is 0 Å². The lowest BCUT2D eigenvalue weighted by Gasteiger charge is -2.21. The molecule has 0 aliphatic rings. The monoisotopic (exact) mass is 431 g/mol. The summed E-state index contributed by atoms with van der Waals surface area (Å²) in [4.78, 5) is 24.3. The van der Waals surface area contributed by atoms with E-state index >= 15 is 0 Å². The number of carbonyl (C=O) groups excluding carboxylic acids is 2. The van der Waals surface area contributed by atoms with E-state index in [1.54, 1.807) is 36.4 Å². The van der Waals surface area contributed by atoms with Gasteiger partial charge in [-0.25, -0.2) is 8.42 Å². The second kappa shape index (κ2) is 11.5. The van der Waals surface area contributed by atoms with Crippen molar-refractivity contribution < 1.29 is 18.0 Å².